The Morgan fingerprint density at radius 1 is 0.717 bits per heavy atom. The average Bonchev–Trinajstić information content (AvgIpc) is 3.64. The largest absolute Gasteiger partial charge is 0.507 e. The molecule has 0 saturated carbocycles. The summed E-state index contributed by atoms with van der Waals surface area (Å²) in [6, 6.07) is 32.7. The number of para-hydroxylation sites is 2. The van der Waals surface area contributed by atoms with E-state index in [2.05, 4.69) is 31.8 Å². The Balaban J connectivity index is 0.00000612. The number of rotatable bonds is 6. The maximum atomic E-state index is 11.3. The zero-order valence-corrected chi connectivity index (χ0v) is 31.3. The predicted octanol–water partition coefficient (Wildman–Crippen LogP) is 12.2. The van der Waals surface area contributed by atoms with Crippen molar-refractivity contribution in [3.05, 3.63) is 168 Å². The summed E-state index contributed by atoms with van der Waals surface area (Å²) in [5, 5.41) is 11.3. The van der Waals surface area contributed by atoms with Crippen LogP contribution in [0.2, 0.25) is 0 Å². The first kappa shape index (κ1) is 24.6. The molecule has 0 atom stereocenters. The monoisotopic (exact) mass is 880 g/mol. The standard InChI is InChI=1S/C48H40N3O.Pt/c1-31-25-39(30-42(32(31)2)34-17-10-7-11-18-34)51-44-21-14-20-40(46(44)50-47(51)41-19-12-13-22-45(41)52)36-26-37(28-38(27-36)48(3,4)5)43-29-35(23-24-49-43)33-15-8-6-9-16-33;/h6-25,27-30,52H,1-5H3;/q-1;/i1D3,2D3,6D,8D,9D,15D,16D;. The summed E-state index contributed by atoms with van der Waals surface area (Å²) >= 11 is 0. The molecule has 5 heteroatoms. The number of phenols is 1. The SMILES string of the molecule is [2H]c1c([2H])c([2H])c(-c2ccnc(-c3[c-]c(-c4cccc5c4nc(-c4ccccc4O)n5-c4cc(-c5ccccc5)c(C([2H])([2H])[2H])c(C([2H])([2H])[2H])c4)cc(C(C)(C)C)c3)c2)c([2H])c1[2H].[Pt]. The van der Waals surface area contributed by atoms with Crippen LogP contribution in [-0.4, -0.2) is 19.6 Å². The molecular weight excluding hydrogens is 830 g/mol. The number of hydrogen-bond acceptors (Lipinski definition) is 3. The zero-order chi connectivity index (χ0) is 45.3. The van der Waals surface area contributed by atoms with Gasteiger partial charge in [-0.05, 0) is 88.9 Å². The smallest absolute Gasteiger partial charge is 0.148 e. The van der Waals surface area contributed by atoms with E-state index in [4.69, 9.17) is 20.1 Å². The molecule has 0 aliphatic carbocycles. The molecule has 0 amide bonds. The van der Waals surface area contributed by atoms with E-state index in [1.807, 2.05) is 30.3 Å². The van der Waals surface area contributed by atoms with E-state index >= 15 is 0 Å². The molecule has 53 heavy (non-hydrogen) atoms. The van der Waals surface area contributed by atoms with Crippen molar-refractivity contribution in [2.75, 3.05) is 0 Å². The Hall–Kier alpha value is -5.57. The van der Waals surface area contributed by atoms with E-state index in [1.165, 1.54) is 18.3 Å². The van der Waals surface area contributed by atoms with Crippen molar-refractivity contribution in [1.29, 1.82) is 0 Å². The predicted molar refractivity (Wildman–Crippen MR) is 215 cm³/mol. The zero-order valence-electron chi connectivity index (χ0n) is 40.1. The van der Waals surface area contributed by atoms with E-state index in [9.17, 15) is 5.11 Å². The van der Waals surface area contributed by atoms with Gasteiger partial charge in [-0.3, -0.25) is 9.55 Å². The number of nitrogens with zero attached hydrogens (tertiary/aromatic N) is 3. The molecule has 0 bridgehead atoms. The van der Waals surface area contributed by atoms with Crippen LogP contribution in [0, 0.1) is 19.8 Å². The number of pyridine rings is 1. The van der Waals surface area contributed by atoms with Crippen LogP contribution < -0.4 is 0 Å². The van der Waals surface area contributed by atoms with Crippen LogP contribution in [0.25, 0.3) is 72.7 Å². The summed E-state index contributed by atoms with van der Waals surface area (Å²) in [7, 11) is 0. The van der Waals surface area contributed by atoms with Gasteiger partial charge in [0.05, 0.1) is 23.5 Å². The van der Waals surface area contributed by atoms with Gasteiger partial charge < -0.3 is 5.11 Å². The van der Waals surface area contributed by atoms with Crippen LogP contribution in [0.5, 0.6) is 5.75 Å². The van der Waals surface area contributed by atoms with E-state index < -0.39 is 31.8 Å². The Morgan fingerprint density at radius 2 is 1.47 bits per heavy atom. The van der Waals surface area contributed by atoms with Crippen molar-refractivity contribution in [1.82, 2.24) is 14.5 Å². The molecular formula is C48H40N3OPt-. The number of benzene rings is 6. The summed E-state index contributed by atoms with van der Waals surface area (Å²) in [6.07, 6.45) is 1.53. The number of aromatic hydroxyl groups is 1. The minimum absolute atomic E-state index is 0. The number of imidazole rings is 1. The Labute approximate surface area is 341 Å². The minimum Gasteiger partial charge on any atom is -0.507 e. The fourth-order valence-electron chi connectivity index (χ4n) is 6.44. The van der Waals surface area contributed by atoms with Gasteiger partial charge in [-0.2, -0.15) is 0 Å². The van der Waals surface area contributed by atoms with Crippen LogP contribution >= 0.6 is 0 Å². The van der Waals surface area contributed by atoms with Gasteiger partial charge >= 0.3 is 0 Å². The first-order valence-electron chi connectivity index (χ1n) is 22.3. The third-order valence-electron chi connectivity index (χ3n) is 9.15. The maximum absolute atomic E-state index is 11.3. The number of aromatic nitrogens is 3. The normalized spacial score (nSPS) is 14.9. The van der Waals surface area contributed by atoms with Crippen molar-refractivity contribution in [3.8, 4) is 67.5 Å². The van der Waals surface area contributed by atoms with Gasteiger partial charge in [-0.25, -0.2) is 4.98 Å². The topological polar surface area (TPSA) is 50.9 Å². The van der Waals surface area contributed by atoms with Gasteiger partial charge in [0.15, 0.2) is 0 Å². The number of aryl methyl sites for hydroxylation is 1. The molecule has 0 fully saturated rings. The van der Waals surface area contributed by atoms with Crippen molar-refractivity contribution >= 4 is 11.0 Å². The molecule has 0 aliphatic rings. The van der Waals surface area contributed by atoms with Gasteiger partial charge in [0.1, 0.15) is 11.6 Å². The van der Waals surface area contributed by atoms with Crippen LogP contribution in [0.3, 0.4) is 0 Å². The number of hydrogen-bond donors (Lipinski definition) is 1. The van der Waals surface area contributed by atoms with Crippen LogP contribution in [-0.2, 0) is 26.5 Å². The Bertz CT molecular complexity index is 3070. The fraction of sp³-hybridized carbons (Fsp3) is 0.125. The summed E-state index contributed by atoms with van der Waals surface area (Å²) in [6.45, 7) is 0.578. The average molecular weight is 881 g/mol. The molecule has 264 valence electrons. The van der Waals surface area contributed by atoms with Gasteiger partial charge in [-0.15, -0.1) is 29.3 Å². The molecule has 0 aliphatic heterocycles. The number of fused-ring (bicyclic) bond motifs is 1. The molecule has 0 saturated heterocycles. The second-order valence-electron chi connectivity index (χ2n) is 13.6. The summed E-state index contributed by atoms with van der Waals surface area (Å²) in [5.41, 5.74) is 5.00. The van der Waals surface area contributed by atoms with Gasteiger partial charge in [0, 0.05) is 46.9 Å². The molecule has 2 heterocycles. The van der Waals surface area contributed by atoms with Gasteiger partial charge in [0.2, 0.25) is 0 Å². The third-order valence-corrected chi connectivity index (χ3v) is 9.15. The van der Waals surface area contributed by atoms with Crippen LogP contribution in [0.4, 0.5) is 0 Å². The molecule has 8 aromatic rings. The molecule has 2 aromatic heterocycles. The summed E-state index contributed by atoms with van der Waals surface area (Å²) in [4.78, 5) is 9.83. The van der Waals surface area contributed by atoms with Crippen molar-refractivity contribution < 1.29 is 41.3 Å². The summed E-state index contributed by atoms with van der Waals surface area (Å²) in [5.74, 6) is 0.190. The first-order chi connectivity index (χ1) is 29.6. The van der Waals surface area contributed by atoms with Crippen molar-refractivity contribution in [3.63, 3.8) is 0 Å². The molecule has 4 nitrogen and oxygen atoms in total. The molecule has 8 rings (SSSR count). The van der Waals surface area contributed by atoms with E-state index in [-0.39, 0.29) is 72.4 Å². The van der Waals surface area contributed by atoms with Crippen LogP contribution in [0.15, 0.2) is 146 Å². The van der Waals surface area contributed by atoms with Gasteiger partial charge in [-0.1, -0.05) is 123 Å². The molecule has 6 aromatic carbocycles. The van der Waals surface area contributed by atoms with Crippen molar-refractivity contribution in [2.45, 2.75) is 39.9 Å². The second kappa shape index (κ2) is 14.5. The summed E-state index contributed by atoms with van der Waals surface area (Å²) < 4.78 is 94.8. The quantitative estimate of drug-likeness (QED) is 0.169. The Morgan fingerprint density at radius 3 is 2.23 bits per heavy atom. The molecule has 1 N–H and O–H groups in total. The third kappa shape index (κ3) is 6.88. The van der Waals surface area contributed by atoms with E-state index in [0.717, 1.165) is 5.56 Å². The van der Waals surface area contributed by atoms with E-state index in [0.29, 0.717) is 55.8 Å². The van der Waals surface area contributed by atoms with Gasteiger partial charge in [0.25, 0.3) is 0 Å². The second-order valence-corrected chi connectivity index (χ2v) is 13.6. The number of phenolic OH excluding ortho intramolecular Hbond substituents is 1. The minimum atomic E-state index is -2.83. The molecule has 0 radical (unpaired) electrons. The Kier molecular flexibility index (Phi) is 6.72. The maximum Gasteiger partial charge on any atom is 0.148 e. The van der Waals surface area contributed by atoms with Crippen LogP contribution in [0.1, 0.15) is 52.5 Å². The van der Waals surface area contributed by atoms with Crippen molar-refractivity contribution in [2.24, 2.45) is 0 Å². The van der Waals surface area contributed by atoms with E-state index in [1.54, 1.807) is 71.3 Å². The first-order valence-corrected chi connectivity index (χ1v) is 16.8. The fourth-order valence-corrected chi connectivity index (χ4v) is 6.44. The molecule has 0 unspecified atom stereocenters. The molecule has 0 spiro atoms.